The number of nitrogens with two attached hydrogens (primary N) is 1. The van der Waals surface area contributed by atoms with E-state index in [4.69, 9.17) is 5.73 Å². The third kappa shape index (κ3) is 3.46. The summed E-state index contributed by atoms with van der Waals surface area (Å²) in [5.41, 5.74) is 5.91. The van der Waals surface area contributed by atoms with Gasteiger partial charge < -0.3 is 15.5 Å². The van der Waals surface area contributed by atoms with Crippen molar-refractivity contribution in [2.24, 2.45) is 11.7 Å². The van der Waals surface area contributed by atoms with Gasteiger partial charge in [-0.2, -0.15) is 0 Å². The Balaban J connectivity index is 2.44. The zero-order chi connectivity index (χ0) is 12.3. The number of hydrogen-bond donors (Lipinski definition) is 1. The van der Waals surface area contributed by atoms with Crippen LogP contribution in [0.3, 0.4) is 0 Å². The summed E-state index contributed by atoms with van der Waals surface area (Å²) in [6.07, 6.45) is 1.84. The van der Waals surface area contributed by atoms with Gasteiger partial charge in [-0.25, -0.2) is 0 Å². The van der Waals surface area contributed by atoms with Crippen molar-refractivity contribution in [3.63, 3.8) is 0 Å². The molecule has 4 heteroatoms. The lowest BCUT2D eigenvalue weighted by atomic mass is 10.0. The van der Waals surface area contributed by atoms with Crippen LogP contribution in [0.15, 0.2) is 0 Å². The number of hydrogen-bond acceptors (Lipinski definition) is 3. The fourth-order valence-electron chi connectivity index (χ4n) is 2.21. The summed E-state index contributed by atoms with van der Waals surface area (Å²) < 4.78 is 0. The molecule has 2 atom stereocenters. The van der Waals surface area contributed by atoms with Gasteiger partial charge in [0.2, 0.25) is 5.91 Å². The van der Waals surface area contributed by atoms with Crippen LogP contribution in [-0.4, -0.2) is 55.0 Å². The van der Waals surface area contributed by atoms with E-state index in [1.54, 1.807) is 0 Å². The third-order valence-corrected chi connectivity index (χ3v) is 3.25. The van der Waals surface area contributed by atoms with Gasteiger partial charge in [0.15, 0.2) is 0 Å². The molecule has 0 radical (unpaired) electrons. The molecule has 1 fully saturated rings. The topological polar surface area (TPSA) is 49.6 Å². The number of amides is 1. The second kappa shape index (κ2) is 5.64. The minimum atomic E-state index is -0.319. The summed E-state index contributed by atoms with van der Waals surface area (Å²) in [5.74, 6) is 0.601. The van der Waals surface area contributed by atoms with Crippen molar-refractivity contribution in [1.29, 1.82) is 0 Å². The molecule has 1 heterocycles. The van der Waals surface area contributed by atoms with Crippen LogP contribution in [0.4, 0.5) is 0 Å². The molecule has 2 unspecified atom stereocenters. The van der Waals surface area contributed by atoms with E-state index >= 15 is 0 Å². The summed E-state index contributed by atoms with van der Waals surface area (Å²) in [6, 6.07) is 0.177. The van der Waals surface area contributed by atoms with Crippen molar-refractivity contribution in [3.05, 3.63) is 0 Å². The number of carbonyl (C=O) groups is 1. The van der Waals surface area contributed by atoms with Crippen LogP contribution >= 0.6 is 0 Å². The Morgan fingerprint density at radius 2 is 2.12 bits per heavy atom. The highest BCUT2D eigenvalue weighted by molar-refractivity contribution is 5.81. The molecule has 0 aromatic rings. The fourth-order valence-corrected chi connectivity index (χ4v) is 2.21. The summed E-state index contributed by atoms with van der Waals surface area (Å²) in [6.45, 7) is 5.88. The van der Waals surface area contributed by atoms with Gasteiger partial charge in [-0.3, -0.25) is 4.79 Å². The molecule has 0 spiro atoms. The molecule has 0 bridgehead atoms. The Kier molecular flexibility index (Phi) is 4.74. The van der Waals surface area contributed by atoms with Crippen molar-refractivity contribution >= 4 is 5.91 Å². The van der Waals surface area contributed by atoms with Crippen LogP contribution in [0.1, 0.15) is 26.7 Å². The number of carbonyl (C=O) groups excluding carboxylic acids is 1. The minimum absolute atomic E-state index is 0.123. The van der Waals surface area contributed by atoms with E-state index in [9.17, 15) is 4.79 Å². The highest BCUT2D eigenvalue weighted by atomic mass is 16.2. The summed E-state index contributed by atoms with van der Waals surface area (Å²) in [4.78, 5) is 16.1. The number of rotatable bonds is 4. The Hall–Kier alpha value is -0.610. The summed E-state index contributed by atoms with van der Waals surface area (Å²) in [5, 5.41) is 0. The molecule has 94 valence electrons. The van der Waals surface area contributed by atoms with E-state index in [1.807, 2.05) is 4.90 Å². The molecule has 1 amide bonds. The van der Waals surface area contributed by atoms with Crippen molar-refractivity contribution in [2.45, 2.75) is 38.8 Å². The lowest BCUT2D eigenvalue weighted by Crippen LogP contribution is -2.44. The maximum atomic E-state index is 12.0. The second-order valence-corrected chi connectivity index (χ2v) is 5.43. The zero-order valence-electron chi connectivity index (χ0n) is 10.9. The van der Waals surface area contributed by atoms with Gasteiger partial charge in [0.05, 0.1) is 6.04 Å². The quantitative estimate of drug-likeness (QED) is 0.762. The molecule has 1 rings (SSSR count). The standard InChI is InChI=1S/C12H25N3O/c1-9(2)7-11(13)12(16)15-6-5-10(8-15)14(3)4/h9-11H,5-8,13H2,1-4H3. The molecule has 0 aromatic heterocycles. The fraction of sp³-hybridized carbons (Fsp3) is 0.917. The first-order valence-electron chi connectivity index (χ1n) is 6.12. The van der Waals surface area contributed by atoms with Gasteiger partial charge in [0.1, 0.15) is 0 Å². The Labute approximate surface area is 98.8 Å². The van der Waals surface area contributed by atoms with Crippen molar-refractivity contribution < 1.29 is 4.79 Å². The van der Waals surface area contributed by atoms with Gasteiger partial charge in [0.25, 0.3) is 0 Å². The van der Waals surface area contributed by atoms with Crippen LogP contribution in [0.25, 0.3) is 0 Å². The average molecular weight is 227 g/mol. The highest BCUT2D eigenvalue weighted by Gasteiger charge is 2.30. The number of nitrogens with zero attached hydrogens (tertiary/aromatic N) is 2. The van der Waals surface area contributed by atoms with Gasteiger partial charge in [0, 0.05) is 19.1 Å². The van der Waals surface area contributed by atoms with Crippen LogP contribution in [0.2, 0.25) is 0 Å². The van der Waals surface area contributed by atoms with Gasteiger partial charge in [-0.1, -0.05) is 13.8 Å². The van der Waals surface area contributed by atoms with Gasteiger partial charge >= 0.3 is 0 Å². The first-order valence-corrected chi connectivity index (χ1v) is 6.12. The molecule has 2 N–H and O–H groups in total. The smallest absolute Gasteiger partial charge is 0.239 e. The van der Waals surface area contributed by atoms with Crippen LogP contribution in [0, 0.1) is 5.92 Å². The maximum Gasteiger partial charge on any atom is 0.239 e. The molecule has 0 aromatic carbocycles. The molecule has 1 aliphatic heterocycles. The zero-order valence-corrected chi connectivity index (χ0v) is 10.9. The number of likely N-dealkylation sites (N-methyl/N-ethyl adjacent to an activating group) is 1. The normalized spacial score (nSPS) is 23.2. The molecule has 16 heavy (non-hydrogen) atoms. The predicted octanol–water partition coefficient (Wildman–Crippen LogP) is 0.522. The largest absolute Gasteiger partial charge is 0.340 e. The molecule has 1 saturated heterocycles. The Morgan fingerprint density at radius 3 is 2.56 bits per heavy atom. The van der Waals surface area contributed by atoms with Crippen LogP contribution in [-0.2, 0) is 4.79 Å². The molecule has 0 aliphatic carbocycles. The van der Waals surface area contributed by atoms with Crippen molar-refractivity contribution in [3.8, 4) is 0 Å². The highest BCUT2D eigenvalue weighted by Crippen LogP contribution is 2.15. The van der Waals surface area contributed by atoms with E-state index in [1.165, 1.54) is 0 Å². The van der Waals surface area contributed by atoms with Crippen molar-refractivity contribution in [1.82, 2.24) is 9.80 Å². The first-order chi connectivity index (χ1) is 7.41. The molecular formula is C12H25N3O. The Morgan fingerprint density at radius 1 is 1.50 bits per heavy atom. The third-order valence-electron chi connectivity index (χ3n) is 3.25. The van der Waals surface area contributed by atoms with Gasteiger partial charge in [-0.15, -0.1) is 0 Å². The van der Waals surface area contributed by atoms with E-state index in [0.29, 0.717) is 12.0 Å². The molecule has 0 saturated carbocycles. The second-order valence-electron chi connectivity index (χ2n) is 5.43. The average Bonchev–Trinajstić information content (AvgIpc) is 2.64. The SMILES string of the molecule is CC(C)CC(N)C(=O)N1CCC(N(C)C)C1. The summed E-state index contributed by atoms with van der Waals surface area (Å²) >= 11 is 0. The van der Waals surface area contributed by atoms with E-state index in [2.05, 4.69) is 32.8 Å². The lowest BCUT2D eigenvalue weighted by Gasteiger charge is -2.23. The lowest BCUT2D eigenvalue weighted by molar-refractivity contribution is -0.132. The van der Waals surface area contributed by atoms with E-state index in [-0.39, 0.29) is 11.9 Å². The number of likely N-dealkylation sites (tertiary alicyclic amines) is 1. The molecule has 4 nitrogen and oxygen atoms in total. The van der Waals surface area contributed by atoms with Crippen LogP contribution in [0.5, 0.6) is 0 Å². The van der Waals surface area contributed by atoms with Gasteiger partial charge in [-0.05, 0) is 32.9 Å². The van der Waals surface area contributed by atoms with E-state index in [0.717, 1.165) is 25.9 Å². The maximum absolute atomic E-state index is 12.0. The predicted molar refractivity (Wildman–Crippen MR) is 66.1 cm³/mol. The monoisotopic (exact) mass is 227 g/mol. The molecular weight excluding hydrogens is 202 g/mol. The summed E-state index contributed by atoms with van der Waals surface area (Å²) in [7, 11) is 4.12. The van der Waals surface area contributed by atoms with E-state index < -0.39 is 0 Å². The Bertz CT molecular complexity index is 240. The van der Waals surface area contributed by atoms with Crippen molar-refractivity contribution in [2.75, 3.05) is 27.2 Å². The minimum Gasteiger partial charge on any atom is -0.340 e. The van der Waals surface area contributed by atoms with Crippen LogP contribution < -0.4 is 5.73 Å². The molecule has 1 aliphatic rings. The first kappa shape index (κ1) is 13.5.